The van der Waals surface area contributed by atoms with Crippen molar-refractivity contribution in [2.75, 3.05) is 45.0 Å². The first-order chi connectivity index (χ1) is 15.7. The molecule has 32 heavy (non-hydrogen) atoms. The van der Waals surface area contributed by atoms with Crippen LogP contribution in [0.5, 0.6) is 0 Å². The van der Waals surface area contributed by atoms with E-state index >= 15 is 0 Å². The summed E-state index contributed by atoms with van der Waals surface area (Å²) < 4.78 is 0. The lowest BCUT2D eigenvalue weighted by atomic mass is 9.94. The van der Waals surface area contributed by atoms with Gasteiger partial charge < -0.3 is 10.6 Å². The molecule has 2 fully saturated rings. The van der Waals surface area contributed by atoms with Crippen LogP contribution in [0.3, 0.4) is 0 Å². The Hall–Kier alpha value is -2.37. The van der Waals surface area contributed by atoms with Gasteiger partial charge in [-0.3, -0.25) is 14.6 Å². The van der Waals surface area contributed by atoms with E-state index in [0.29, 0.717) is 12.5 Å². The largest absolute Gasteiger partial charge is 0.399 e. The van der Waals surface area contributed by atoms with Crippen LogP contribution in [0, 0.1) is 0 Å². The van der Waals surface area contributed by atoms with Gasteiger partial charge in [0.1, 0.15) is 0 Å². The average molecular weight is 433 g/mol. The quantitative estimate of drug-likeness (QED) is 0.748. The van der Waals surface area contributed by atoms with Crippen molar-refractivity contribution in [3.8, 4) is 11.1 Å². The van der Waals surface area contributed by atoms with Crippen molar-refractivity contribution >= 4 is 11.6 Å². The topological polar surface area (TPSA) is 52.8 Å². The molecule has 3 aliphatic rings. The van der Waals surface area contributed by atoms with Crippen LogP contribution in [0.4, 0.5) is 5.69 Å². The molecule has 2 aromatic carbocycles. The van der Waals surface area contributed by atoms with Gasteiger partial charge in [-0.1, -0.05) is 49.6 Å². The van der Waals surface area contributed by atoms with Crippen LogP contribution in [0.2, 0.25) is 0 Å². The molecule has 5 heteroatoms. The van der Waals surface area contributed by atoms with Crippen molar-refractivity contribution in [2.24, 2.45) is 0 Å². The smallest absolute Gasteiger partial charge is 0.236 e. The Balaban J connectivity index is 1.15. The number of hydrogen-bond acceptors (Lipinski definition) is 4. The Bertz CT molecular complexity index is 944. The summed E-state index contributed by atoms with van der Waals surface area (Å²) in [5, 5.41) is 0. The zero-order chi connectivity index (χ0) is 21.9. The molecule has 0 bridgehead atoms. The van der Waals surface area contributed by atoms with Gasteiger partial charge in [0, 0.05) is 51.0 Å². The highest BCUT2D eigenvalue weighted by Gasteiger charge is 2.28. The van der Waals surface area contributed by atoms with Crippen molar-refractivity contribution in [3.63, 3.8) is 0 Å². The highest BCUT2D eigenvalue weighted by atomic mass is 16.2. The molecular formula is C27H36N4O. The van der Waals surface area contributed by atoms with E-state index in [1.807, 2.05) is 18.2 Å². The number of piperazine rings is 1. The fourth-order valence-electron chi connectivity index (χ4n) is 5.72. The van der Waals surface area contributed by atoms with Gasteiger partial charge in [-0.15, -0.1) is 0 Å². The molecule has 1 saturated heterocycles. The van der Waals surface area contributed by atoms with Crippen LogP contribution < -0.4 is 5.73 Å². The molecule has 0 atom stereocenters. The zero-order valence-corrected chi connectivity index (χ0v) is 19.1. The molecular weight excluding hydrogens is 396 g/mol. The molecule has 1 amide bonds. The molecule has 5 nitrogen and oxygen atoms in total. The number of carbonyl (C=O) groups is 1. The molecule has 2 heterocycles. The summed E-state index contributed by atoms with van der Waals surface area (Å²) in [6.07, 6.45) is 7.84. The van der Waals surface area contributed by atoms with E-state index in [2.05, 4.69) is 39.0 Å². The van der Waals surface area contributed by atoms with Crippen molar-refractivity contribution in [2.45, 2.75) is 51.1 Å². The summed E-state index contributed by atoms with van der Waals surface area (Å²) in [6, 6.07) is 15.5. The van der Waals surface area contributed by atoms with Gasteiger partial charge in [-0.05, 0) is 53.6 Å². The van der Waals surface area contributed by atoms with E-state index in [1.54, 1.807) is 0 Å². The van der Waals surface area contributed by atoms with Gasteiger partial charge in [0.2, 0.25) is 5.91 Å². The number of anilines is 1. The molecule has 2 N–H and O–H groups in total. The second kappa shape index (κ2) is 9.63. The van der Waals surface area contributed by atoms with Gasteiger partial charge >= 0.3 is 0 Å². The van der Waals surface area contributed by atoms with E-state index in [9.17, 15) is 4.79 Å². The minimum atomic E-state index is 0.299. The Morgan fingerprint density at radius 1 is 0.875 bits per heavy atom. The second-order valence-electron chi connectivity index (χ2n) is 9.78. The predicted molar refractivity (Wildman–Crippen MR) is 130 cm³/mol. The van der Waals surface area contributed by atoms with Crippen molar-refractivity contribution in [1.29, 1.82) is 0 Å². The van der Waals surface area contributed by atoms with Crippen molar-refractivity contribution < 1.29 is 4.79 Å². The fraction of sp³-hybridized carbons (Fsp3) is 0.519. The van der Waals surface area contributed by atoms with E-state index < -0.39 is 0 Å². The third-order valence-corrected chi connectivity index (χ3v) is 7.63. The number of rotatable bonds is 4. The summed E-state index contributed by atoms with van der Waals surface area (Å²) in [7, 11) is 0. The maximum absolute atomic E-state index is 13.0. The molecule has 0 spiro atoms. The maximum atomic E-state index is 13.0. The zero-order valence-electron chi connectivity index (χ0n) is 19.1. The van der Waals surface area contributed by atoms with E-state index in [0.717, 1.165) is 63.0 Å². The lowest BCUT2D eigenvalue weighted by Gasteiger charge is -2.41. The fourth-order valence-corrected chi connectivity index (χ4v) is 5.72. The third kappa shape index (κ3) is 4.84. The van der Waals surface area contributed by atoms with Crippen LogP contribution in [-0.4, -0.2) is 65.9 Å². The van der Waals surface area contributed by atoms with Crippen LogP contribution in [0.25, 0.3) is 11.1 Å². The summed E-state index contributed by atoms with van der Waals surface area (Å²) >= 11 is 0. The molecule has 0 aromatic heterocycles. The van der Waals surface area contributed by atoms with Gasteiger partial charge in [0.15, 0.2) is 0 Å². The molecule has 0 radical (unpaired) electrons. The molecule has 170 valence electrons. The van der Waals surface area contributed by atoms with E-state index in [1.165, 1.54) is 48.8 Å². The Morgan fingerprint density at radius 3 is 2.44 bits per heavy atom. The van der Waals surface area contributed by atoms with Gasteiger partial charge in [-0.25, -0.2) is 0 Å². The monoisotopic (exact) mass is 432 g/mol. The number of fused-ring (bicyclic) bond motifs is 1. The van der Waals surface area contributed by atoms with E-state index in [-0.39, 0.29) is 0 Å². The number of nitrogens with zero attached hydrogens (tertiary/aromatic N) is 3. The predicted octanol–water partition coefficient (Wildman–Crippen LogP) is 3.77. The lowest BCUT2D eigenvalue weighted by Crippen LogP contribution is -2.54. The van der Waals surface area contributed by atoms with Gasteiger partial charge in [-0.2, -0.15) is 0 Å². The van der Waals surface area contributed by atoms with Gasteiger partial charge in [0.05, 0.1) is 6.54 Å². The molecule has 2 aliphatic heterocycles. The lowest BCUT2D eigenvalue weighted by molar-refractivity contribution is -0.134. The van der Waals surface area contributed by atoms with Crippen LogP contribution >= 0.6 is 0 Å². The maximum Gasteiger partial charge on any atom is 0.236 e. The average Bonchev–Trinajstić information content (AvgIpc) is 2.84. The normalized spacial score (nSPS) is 20.8. The number of nitrogen functional groups attached to an aromatic ring is 1. The number of amides is 1. The van der Waals surface area contributed by atoms with Crippen LogP contribution in [0.15, 0.2) is 42.5 Å². The Morgan fingerprint density at radius 2 is 1.66 bits per heavy atom. The van der Waals surface area contributed by atoms with Gasteiger partial charge in [0.25, 0.3) is 0 Å². The van der Waals surface area contributed by atoms with E-state index in [4.69, 9.17) is 5.73 Å². The van der Waals surface area contributed by atoms with Crippen LogP contribution in [-0.2, 0) is 17.8 Å². The first-order valence-electron chi connectivity index (χ1n) is 12.4. The minimum Gasteiger partial charge on any atom is -0.399 e. The van der Waals surface area contributed by atoms with Crippen molar-refractivity contribution in [1.82, 2.24) is 14.7 Å². The first kappa shape index (κ1) is 21.5. The summed E-state index contributed by atoms with van der Waals surface area (Å²) in [6.45, 7) is 6.23. The Labute approximate surface area is 192 Å². The summed E-state index contributed by atoms with van der Waals surface area (Å²) in [5.74, 6) is 0.299. The number of nitrogens with two attached hydrogens (primary N) is 1. The van der Waals surface area contributed by atoms with Crippen LogP contribution in [0.1, 0.15) is 43.2 Å². The molecule has 5 rings (SSSR count). The summed E-state index contributed by atoms with van der Waals surface area (Å²) in [5.41, 5.74) is 11.9. The molecule has 2 aromatic rings. The minimum absolute atomic E-state index is 0.299. The highest BCUT2D eigenvalue weighted by Crippen LogP contribution is 2.28. The second-order valence-corrected chi connectivity index (χ2v) is 9.78. The SMILES string of the molecule is Nc1cccc(-c2ccc3c(c2)CCN(CC(=O)N2CCN(C4CCCCC4)CC2)C3)c1. The molecule has 0 unspecified atom stereocenters. The molecule has 1 aliphatic carbocycles. The third-order valence-electron chi connectivity index (χ3n) is 7.63. The summed E-state index contributed by atoms with van der Waals surface area (Å²) in [4.78, 5) is 20.0. The standard InChI is InChI=1S/C27H36N4O/c28-25-6-4-5-21(18-25)22-9-10-24-19-29(12-11-23(24)17-22)20-27(32)31-15-13-30(14-16-31)26-7-2-1-3-8-26/h4-6,9-10,17-18,26H,1-3,7-8,11-16,19-20,28H2. The first-order valence-corrected chi connectivity index (χ1v) is 12.4. The van der Waals surface area contributed by atoms with Crippen molar-refractivity contribution in [3.05, 3.63) is 53.6 Å². The highest BCUT2D eigenvalue weighted by molar-refractivity contribution is 5.78. The molecule has 1 saturated carbocycles. The Kier molecular flexibility index (Phi) is 6.47. The number of carbonyl (C=O) groups excluding carboxylic acids is 1. The number of benzene rings is 2. The number of hydrogen-bond donors (Lipinski definition) is 1.